The predicted octanol–water partition coefficient (Wildman–Crippen LogP) is 3.68. The number of nitrogens with zero attached hydrogens (tertiary/aromatic N) is 4. The number of amides is 1. The summed E-state index contributed by atoms with van der Waals surface area (Å²) in [7, 11) is 3.21. The molecule has 0 saturated carbocycles. The van der Waals surface area contributed by atoms with Crippen molar-refractivity contribution < 1.29 is 9.59 Å². The Hall–Kier alpha value is -4.37. The Kier molecular flexibility index (Phi) is 6.44. The molecule has 0 spiro atoms. The Labute approximate surface area is 225 Å². The summed E-state index contributed by atoms with van der Waals surface area (Å²) in [6, 6.07) is 16.8. The van der Waals surface area contributed by atoms with Gasteiger partial charge in [-0.2, -0.15) is 4.98 Å². The Morgan fingerprint density at radius 3 is 2.62 bits per heavy atom. The van der Waals surface area contributed by atoms with Gasteiger partial charge in [0, 0.05) is 49.9 Å². The molecule has 198 valence electrons. The van der Waals surface area contributed by atoms with Crippen LogP contribution in [0.1, 0.15) is 56.6 Å². The molecule has 0 bridgehead atoms. The number of aromatic nitrogens is 3. The van der Waals surface area contributed by atoms with Crippen molar-refractivity contribution in [2.75, 3.05) is 32.5 Å². The average molecular weight is 523 g/mol. The van der Waals surface area contributed by atoms with Gasteiger partial charge in [0.2, 0.25) is 5.95 Å². The second-order valence-corrected chi connectivity index (χ2v) is 10.5. The number of rotatable bonds is 5. The van der Waals surface area contributed by atoms with Crippen molar-refractivity contribution in [2.24, 2.45) is 0 Å². The van der Waals surface area contributed by atoms with Crippen molar-refractivity contribution >= 4 is 34.4 Å². The van der Waals surface area contributed by atoms with Gasteiger partial charge >= 0.3 is 0 Å². The number of carbonyl (C=O) groups is 2. The zero-order valence-electron chi connectivity index (χ0n) is 22.0. The van der Waals surface area contributed by atoms with E-state index in [0.717, 1.165) is 30.8 Å². The number of ketones is 1. The van der Waals surface area contributed by atoms with E-state index in [-0.39, 0.29) is 17.8 Å². The summed E-state index contributed by atoms with van der Waals surface area (Å²) >= 11 is 0. The highest BCUT2D eigenvalue weighted by atomic mass is 16.2. The minimum Gasteiger partial charge on any atom is -0.345 e. The smallest absolute Gasteiger partial charge is 0.265 e. The van der Waals surface area contributed by atoms with Crippen LogP contribution in [0.5, 0.6) is 0 Å². The lowest BCUT2D eigenvalue weighted by Gasteiger charge is -2.27. The summed E-state index contributed by atoms with van der Waals surface area (Å²) in [6.07, 6.45) is 3.38. The molecule has 2 aromatic carbocycles. The van der Waals surface area contributed by atoms with Gasteiger partial charge in [-0.1, -0.05) is 36.4 Å². The fourth-order valence-electron chi connectivity index (χ4n) is 5.62. The van der Waals surface area contributed by atoms with Crippen LogP contribution in [0.25, 0.3) is 11.0 Å². The summed E-state index contributed by atoms with van der Waals surface area (Å²) in [5.74, 6) is 0.419. The van der Waals surface area contributed by atoms with E-state index in [1.165, 1.54) is 15.0 Å². The van der Waals surface area contributed by atoms with Gasteiger partial charge in [-0.3, -0.25) is 19.0 Å². The van der Waals surface area contributed by atoms with E-state index in [4.69, 9.17) is 4.98 Å². The number of benzene rings is 2. The first-order valence-corrected chi connectivity index (χ1v) is 13.2. The molecule has 2 aromatic heterocycles. The molecule has 4 aromatic rings. The molecule has 2 aliphatic rings. The van der Waals surface area contributed by atoms with Gasteiger partial charge in [0.05, 0.1) is 6.04 Å². The van der Waals surface area contributed by atoms with Gasteiger partial charge in [-0.05, 0) is 54.6 Å². The molecule has 1 saturated heterocycles. The van der Waals surface area contributed by atoms with Crippen LogP contribution in [0.4, 0.5) is 11.6 Å². The number of hydrogen-bond acceptors (Lipinski definition) is 7. The molecule has 1 aliphatic heterocycles. The van der Waals surface area contributed by atoms with Crippen LogP contribution in [-0.4, -0.2) is 58.3 Å². The first kappa shape index (κ1) is 24.9. The molecule has 9 heteroatoms. The largest absolute Gasteiger partial charge is 0.345 e. The summed E-state index contributed by atoms with van der Waals surface area (Å²) in [6.45, 7) is 2.03. The van der Waals surface area contributed by atoms with E-state index < -0.39 is 17.5 Å². The minimum absolute atomic E-state index is 0.0279. The normalized spacial score (nSPS) is 18.7. The van der Waals surface area contributed by atoms with Gasteiger partial charge in [-0.15, -0.1) is 0 Å². The second-order valence-electron chi connectivity index (χ2n) is 10.5. The Bertz CT molecular complexity index is 1640. The number of Topliss-reactive ketones (excluding diaryl/α,β-unsaturated/α-hetero) is 1. The molecule has 39 heavy (non-hydrogen) atoms. The van der Waals surface area contributed by atoms with Crippen LogP contribution < -0.4 is 16.2 Å². The van der Waals surface area contributed by atoms with E-state index in [0.29, 0.717) is 34.9 Å². The van der Waals surface area contributed by atoms with Crippen LogP contribution in [-0.2, 0) is 6.42 Å². The molecule has 6 rings (SSSR count). The minimum atomic E-state index is -0.473. The third-order valence-corrected chi connectivity index (χ3v) is 7.67. The van der Waals surface area contributed by atoms with Crippen molar-refractivity contribution in [3.05, 3.63) is 93.4 Å². The van der Waals surface area contributed by atoms with E-state index in [1.807, 2.05) is 36.4 Å². The highest BCUT2D eigenvalue weighted by Gasteiger charge is 2.30. The van der Waals surface area contributed by atoms with Crippen molar-refractivity contribution in [1.29, 1.82) is 0 Å². The number of anilines is 2. The lowest BCUT2D eigenvalue weighted by molar-refractivity contribution is 0.0825. The molecule has 1 amide bonds. The lowest BCUT2D eigenvalue weighted by atomic mass is 9.87. The highest BCUT2D eigenvalue weighted by molar-refractivity contribution is 5.99. The first-order valence-electron chi connectivity index (χ1n) is 13.2. The third-order valence-electron chi connectivity index (χ3n) is 7.67. The Morgan fingerprint density at radius 1 is 1.08 bits per heavy atom. The Balaban J connectivity index is 1.41. The molecular formula is C30H30N6O3. The van der Waals surface area contributed by atoms with Gasteiger partial charge in [-0.25, -0.2) is 4.98 Å². The molecule has 3 heterocycles. The summed E-state index contributed by atoms with van der Waals surface area (Å²) < 4.78 is 1.52. The SMILES string of the molecule is CN(C)C(=O)c1cc2cnc(Nc3ccc(C4CCNC4)cc3)nc2n(C2CC(=O)c3ccccc3C2)c1=O. The summed E-state index contributed by atoms with van der Waals surface area (Å²) in [5.41, 5.74) is 3.64. The average Bonchev–Trinajstić information content (AvgIpc) is 3.48. The van der Waals surface area contributed by atoms with Crippen LogP contribution >= 0.6 is 0 Å². The number of hydrogen-bond donors (Lipinski definition) is 2. The maximum atomic E-state index is 13.8. The zero-order chi connectivity index (χ0) is 27.1. The summed E-state index contributed by atoms with van der Waals surface area (Å²) in [4.78, 5) is 50.3. The molecule has 2 atom stereocenters. The molecule has 9 nitrogen and oxygen atoms in total. The number of fused-ring (bicyclic) bond motifs is 2. The third kappa shape index (κ3) is 4.70. The quantitative estimate of drug-likeness (QED) is 0.412. The fraction of sp³-hybridized carbons (Fsp3) is 0.300. The van der Waals surface area contributed by atoms with Gasteiger partial charge in [0.1, 0.15) is 11.2 Å². The first-order chi connectivity index (χ1) is 18.9. The number of nitrogens with one attached hydrogen (secondary N) is 2. The number of carbonyl (C=O) groups excluding carboxylic acids is 2. The molecule has 2 unspecified atom stereocenters. The summed E-state index contributed by atoms with van der Waals surface area (Å²) in [5, 5.41) is 7.20. The van der Waals surface area contributed by atoms with E-state index in [9.17, 15) is 14.4 Å². The van der Waals surface area contributed by atoms with Gasteiger partial charge in [0.25, 0.3) is 11.5 Å². The van der Waals surface area contributed by atoms with E-state index in [1.54, 1.807) is 26.4 Å². The maximum Gasteiger partial charge on any atom is 0.265 e. The lowest BCUT2D eigenvalue weighted by Crippen LogP contribution is -2.37. The number of pyridine rings is 1. The molecular weight excluding hydrogens is 492 g/mol. The van der Waals surface area contributed by atoms with Crippen molar-refractivity contribution in [2.45, 2.75) is 31.2 Å². The van der Waals surface area contributed by atoms with Crippen molar-refractivity contribution in [1.82, 2.24) is 24.8 Å². The van der Waals surface area contributed by atoms with E-state index >= 15 is 0 Å². The topological polar surface area (TPSA) is 109 Å². The second kappa shape index (κ2) is 10.1. The molecule has 2 N–H and O–H groups in total. The van der Waals surface area contributed by atoms with Gasteiger partial charge < -0.3 is 15.5 Å². The van der Waals surface area contributed by atoms with Crippen LogP contribution in [0.3, 0.4) is 0 Å². The predicted molar refractivity (Wildman–Crippen MR) is 150 cm³/mol. The van der Waals surface area contributed by atoms with Crippen molar-refractivity contribution in [3.8, 4) is 0 Å². The molecule has 0 radical (unpaired) electrons. The fourth-order valence-corrected chi connectivity index (χ4v) is 5.62. The van der Waals surface area contributed by atoms with E-state index in [2.05, 4.69) is 27.8 Å². The highest BCUT2D eigenvalue weighted by Crippen LogP contribution is 2.31. The maximum absolute atomic E-state index is 13.8. The Morgan fingerprint density at radius 2 is 1.87 bits per heavy atom. The molecule has 1 aliphatic carbocycles. The van der Waals surface area contributed by atoms with Crippen LogP contribution in [0.2, 0.25) is 0 Å². The monoisotopic (exact) mass is 522 g/mol. The van der Waals surface area contributed by atoms with Crippen molar-refractivity contribution in [3.63, 3.8) is 0 Å². The van der Waals surface area contributed by atoms with Gasteiger partial charge in [0.15, 0.2) is 5.78 Å². The zero-order valence-corrected chi connectivity index (χ0v) is 22.0. The molecule has 1 fully saturated rings. The van der Waals surface area contributed by atoms with Crippen LogP contribution in [0, 0.1) is 0 Å². The standard InChI is InChI=1S/C30H30N6O3/c1-35(2)28(38)25-14-21-17-32-30(33-22-9-7-18(8-10-22)20-11-12-31-16-20)34-27(21)36(29(25)39)23-13-19-5-3-4-6-24(19)26(37)15-23/h3-10,14,17,20,23,31H,11-13,15-16H2,1-2H3,(H,32,33,34). The van der Waals surface area contributed by atoms with Crippen LogP contribution in [0.15, 0.2) is 65.6 Å².